The van der Waals surface area contributed by atoms with Crippen molar-refractivity contribution >= 4 is 21.7 Å². The fourth-order valence-electron chi connectivity index (χ4n) is 3.70. The Kier molecular flexibility index (Phi) is 4.11. The summed E-state index contributed by atoms with van der Waals surface area (Å²) in [7, 11) is -3.84. The van der Waals surface area contributed by atoms with Gasteiger partial charge in [-0.25, -0.2) is 13.4 Å². The number of pyridine rings is 1. The topological polar surface area (TPSA) is 87.7 Å². The number of carbonyl (C=O) groups is 2. The third kappa shape index (κ3) is 2.97. The average Bonchev–Trinajstić information content (AvgIpc) is 3.24. The average molecular weight is 362 g/mol. The second kappa shape index (κ2) is 6.17. The Morgan fingerprint density at radius 3 is 2.76 bits per heavy atom. The third-order valence-corrected chi connectivity index (χ3v) is 6.98. The molecule has 2 unspecified atom stereocenters. The maximum atomic E-state index is 12.8. The van der Waals surface area contributed by atoms with E-state index in [0.29, 0.717) is 18.9 Å². The molecule has 1 aromatic heterocycles. The molecule has 2 aliphatic heterocycles. The quantitative estimate of drug-likeness (QED) is 0.767. The third-order valence-electron chi connectivity index (χ3n) is 5.19. The molecule has 0 N–H and O–H groups in total. The van der Waals surface area contributed by atoms with Crippen LogP contribution in [0.15, 0.2) is 29.4 Å². The van der Waals surface area contributed by atoms with Gasteiger partial charge in [-0.2, -0.15) is 4.31 Å². The molecule has 0 aromatic carbocycles. The molecule has 7 nitrogen and oxygen atoms in total. The summed E-state index contributed by atoms with van der Waals surface area (Å²) in [4.78, 5) is 30.4. The molecule has 133 valence electrons. The highest BCUT2D eigenvalue weighted by molar-refractivity contribution is 7.89. The lowest BCUT2D eigenvalue weighted by atomic mass is 10.1. The predicted octanol–water partition coefficient (Wildman–Crippen LogP) is 0.629. The molecule has 1 saturated carbocycles. The van der Waals surface area contributed by atoms with Crippen molar-refractivity contribution in [3.8, 4) is 0 Å². The molecule has 3 heterocycles. The first kappa shape index (κ1) is 16.7. The van der Waals surface area contributed by atoms with E-state index < -0.39 is 22.1 Å². The molecule has 4 rings (SSSR count). The van der Waals surface area contributed by atoms with Crippen molar-refractivity contribution in [2.45, 2.75) is 42.8 Å². The van der Waals surface area contributed by atoms with Gasteiger partial charge in [-0.05, 0) is 30.9 Å². The number of nitrogens with zero attached hydrogens (tertiary/aromatic N) is 3. The zero-order chi connectivity index (χ0) is 17.6. The first-order valence-corrected chi connectivity index (χ1v) is 10.0. The SMILES string of the molecule is O=C1CN(S(=O)(=O)c2ccccn2)C2CCN(C(=O)[CH]CC3CC3)C12. The molecule has 1 radical (unpaired) electrons. The molecule has 25 heavy (non-hydrogen) atoms. The molecule has 3 fully saturated rings. The van der Waals surface area contributed by atoms with Gasteiger partial charge in [-0.3, -0.25) is 9.59 Å². The first-order valence-electron chi connectivity index (χ1n) is 8.58. The molecule has 1 aromatic rings. The van der Waals surface area contributed by atoms with Gasteiger partial charge in [0.25, 0.3) is 10.0 Å². The van der Waals surface area contributed by atoms with E-state index >= 15 is 0 Å². The Bertz CT molecular complexity index is 791. The number of fused-ring (bicyclic) bond motifs is 1. The minimum absolute atomic E-state index is 0.0616. The molecule has 0 spiro atoms. The van der Waals surface area contributed by atoms with E-state index in [9.17, 15) is 18.0 Å². The van der Waals surface area contributed by atoms with Gasteiger partial charge in [0, 0.05) is 12.7 Å². The molecule has 2 atom stereocenters. The fourth-order valence-corrected chi connectivity index (χ4v) is 5.26. The maximum Gasteiger partial charge on any atom is 0.261 e. The van der Waals surface area contributed by atoms with Crippen molar-refractivity contribution in [2.75, 3.05) is 13.1 Å². The highest BCUT2D eigenvalue weighted by atomic mass is 32.2. The van der Waals surface area contributed by atoms with E-state index in [1.165, 1.54) is 16.6 Å². The minimum atomic E-state index is -3.84. The van der Waals surface area contributed by atoms with Gasteiger partial charge in [0.05, 0.1) is 19.0 Å². The van der Waals surface area contributed by atoms with Crippen LogP contribution >= 0.6 is 0 Å². The van der Waals surface area contributed by atoms with Crippen molar-refractivity contribution in [1.82, 2.24) is 14.2 Å². The van der Waals surface area contributed by atoms with Crippen LogP contribution in [0, 0.1) is 12.3 Å². The molecule has 2 saturated heterocycles. The van der Waals surface area contributed by atoms with Crippen molar-refractivity contribution < 1.29 is 18.0 Å². The smallest absolute Gasteiger partial charge is 0.261 e. The normalized spacial score (nSPS) is 26.9. The molecular formula is C17H20N3O4S. The number of hydrogen-bond donors (Lipinski definition) is 0. The fraction of sp³-hybridized carbons (Fsp3) is 0.529. The minimum Gasteiger partial charge on any atom is -0.331 e. The van der Waals surface area contributed by atoms with Crippen LogP contribution in [0.5, 0.6) is 0 Å². The summed E-state index contributed by atoms with van der Waals surface area (Å²) in [5.74, 6) is 0.239. The van der Waals surface area contributed by atoms with Crippen molar-refractivity contribution in [3.63, 3.8) is 0 Å². The van der Waals surface area contributed by atoms with Crippen LogP contribution < -0.4 is 0 Å². The van der Waals surface area contributed by atoms with E-state index in [2.05, 4.69) is 4.98 Å². The maximum absolute atomic E-state index is 12.8. The van der Waals surface area contributed by atoms with Crippen LogP contribution in [0.3, 0.4) is 0 Å². The largest absolute Gasteiger partial charge is 0.331 e. The predicted molar refractivity (Wildman–Crippen MR) is 88.7 cm³/mol. The lowest BCUT2D eigenvalue weighted by Crippen LogP contribution is -2.43. The van der Waals surface area contributed by atoms with Crippen LogP contribution in [-0.4, -0.2) is 59.5 Å². The standard InChI is InChI=1S/C17H20N3O4S/c21-14-11-20(25(23,24)15-3-1-2-9-18-15)13-8-10-19(17(13)14)16(22)7-6-12-4-5-12/h1-3,7,9,12-13,17H,4-6,8,10-11H2. The van der Waals surface area contributed by atoms with Gasteiger partial charge >= 0.3 is 0 Å². The summed E-state index contributed by atoms with van der Waals surface area (Å²) in [5.41, 5.74) is 0. The highest BCUT2D eigenvalue weighted by Crippen LogP contribution is 2.36. The monoisotopic (exact) mass is 362 g/mol. The van der Waals surface area contributed by atoms with Gasteiger partial charge in [-0.1, -0.05) is 18.9 Å². The number of Topliss-reactive ketones (excluding diaryl/α,β-unsaturated/α-hetero) is 1. The lowest BCUT2D eigenvalue weighted by Gasteiger charge is -2.23. The van der Waals surface area contributed by atoms with Crippen molar-refractivity contribution in [3.05, 3.63) is 30.8 Å². The molecule has 8 heteroatoms. The summed E-state index contributed by atoms with van der Waals surface area (Å²) in [5, 5.41) is -0.0616. The Hall–Kier alpha value is -1.80. The van der Waals surface area contributed by atoms with Crippen LogP contribution in [0.1, 0.15) is 25.7 Å². The Labute approximate surface area is 147 Å². The zero-order valence-corrected chi connectivity index (χ0v) is 14.6. The highest BCUT2D eigenvalue weighted by Gasteiger charge is 2.53. The van der Waals surface area contributed by atoms with Crippen LogP contribution in [0.25, 0.3) is 0 Å². The summed E-state index contributed by atoms with van der Waals surface area (Å²) >= 11 is 0. The number of amides is 1. The van der Waals surface area contributed by atoms with Crippen LogP contribution in [0.4, 0.5) is 0 Å². The molecule has 3 aliphatic rings. The van der Waals surface area contributed by atoms with Crippen molar-refractivity contribution in [1.29, 1.82) is 0 Å². The Morgan fingerprint density at radius 1 is 1.28 bits per heavy atom. The molecular weight excluding hydrogens is 342 g/mol. The second-order valence-corrected chi connectivity index (χ2v) is 8.74. The summed E-state index contributed by atoms with van der Waals surface area (Å²) in [6.07, 6.45) is 6.61. The number of rotatable bonds is 5. The number of carbonyl (C=O) groups excluding carboxylic acids is 2. The number of likely N-dealkylation sites (tertiary alicyclic amines) is 1. The zero-order valence-electron chi connectivity index (χ0n) is 13.7. The van der Waals surface area contributed by atoms with E-state index in [4.69, 9.17) is 0 Å². The number of ketones is 1. The number of hydrogen-bond acceptors (Lipinski definition) is 5. The van der Waals surface area contributed by atoms with E-state index in [1.54, 1.807) is 23.5 Å². The van der Waals surface area contributed by atoms with Gasteiger partial charge in [0.2, 0.25) is 5.91 Å². The van der Waals surface area contributed by atoms with Gasteiger partial charge in [-0.15, -0.1) is 0 Å². The lowest BCUT2D eigenvalue weighted by molar-refractivity contribution is -0.133. The number of sulfonamides is 1. The van der Waals surface area contributed by atoms with E-state index in [-0.39, 0.29) is 23.3 Å². The summed E-state index contributed by atoms with van der Waals surface area (Å²) < 4.78 is 26.9. The molecule has 1 amide bonds. The summed E-state index contributed by atoms with van der Waals surface area (Å²) in [6, 6.07) is 3.52. The Morgan fingerprint density at radius 2 is 2.08 bits per heavy atom. The Balaban J connectivity index is 1.53. The van der Waals surface area contributed by atoms with Gasteiger partial charge in [0.15, 0.2) is 10.8 Å². The van der Waals surface area contributed by atoms with Crippen LogP contribution in [-0.2, 0) is 19.6 Å². The first-order chi connectivity index (χ1) is 12.0. The van der Waals surface area contributed by atoms with Gasteiger partial charge < -0.3 is 4.90 Å². The molecule has 1 aliphatic carbocycles. The van der Waals surface area contributed by atoms with Gasteiger partial charge in [0.1, 0.15) is 6.04 Å². The molecule has 0 bridgehead atoms. The van der Waals surface area contributed by atoms with E-state index in [0.717, 1.165) is 19.3 Å². The van der Waals surface area contributed by atoms with Crippen molar-refractivity contribution in [2.24, 2.45) is 5.92 Å². The second-order valence-electron chi connectivity index (χ2n) is 6.90. The number of aromatic nitrogens is 1. The van der Waals surface area contributed by atoms with E-state index in [1.807, 2.05) is 0 Å². The van der Waals surface area contributed by atoms with Crippen LogP contribution in [0.2, 0.25) is 0 Å². The summed E-state index contributed by atoms with van der Waals surface area (Å²) in [6.45, 7) is 0.218.